The molecule has 2 heterocycles. The van der Waals surface area contributed by atoms with Gasteiger partial charge in [0.15, 0.2) is 5.49 Å². The summed E-state index contributed by atoms with van der Waals surface area (Å²) >= 11 is 0. The Morgan fingerprint density at radius 3 is 3.09 bits per heavy atom. The van der Waals surface area contributed by atoms with E-state index in [0.717, 1.165) is 0 Å². The number of carbonyl (C=O) groups excluding carboxylic acids is 1. The number of hydrogen-bond donors (Lipinski definition) is 2. The van der Waals surface area contributed by atoms with Crippen molar-refractivity contribution < 1.29 is 4.79 Å². The summed E-state index contributed by atoms with van der Waals surface area (Å²) < 4.78 is 0. The van der Waals surface area contributed by atoms with Crippen LogP contribution in [0.15, 0.2) is 22.2 Å². The topological polar surface area (TPSA) is 81.4 Å². The highest BCUT2D eigenvalue weighted by Crippen LogP contribution is 1.82. The number of nitrogens with zero attached hydrogens (tertiary/aromatic N) is 2. The average Bonchev–Trinajstić information content (AvgIpc) is 2.36. The molecule has 1 aromatic rings. The number of rotatable bonds is 0. The van der Waals surface area contributed by atoms with Gasteiger partial charge in [0.05, 0.1) is 0 Å². The summed E-state index contributed by atoms with van der Waals surface area (Å²) in [6.07, 6.45) is 1.63. The number of amidine groups is 1. The Morgan fingerprint density at radius 1 is 1.45 bits per heavy atom. The molecule has 0 aromatic carbocycles. The van der Waals surface area contributed by atoms with Gasteiger partial charge in [-0.3, -0.25) is 10.2 Å². The first-order valence-electron chi connectivity index (χ1n) is 3.01. The lowest BCUT2D eigenvalue weighted by molar-refractivity contribution is -0.112. The molecule has 5 heteroatoms. The van der Waals surface area contributed by atoms with Crippen molar-refractivity contribution in [2.75, 3.05) is 0 Å². The van der Waals surface area contributed by atoms with Crippen molar-refractivity contribution in [3.8, 4) is 0 Å². The highest BCUT2D eigenvalue weighted by molar-refractivity contribution is 6.37. The number of carbonyl (C=O) groups is 1. The zero-order chi connectivity index (χ0) is 7.84. The summed E-state index contributed by atoms with van der Waals surface area (Å²) in [5.74, 6) is -0.906. The molecular formula is C6H4N4O. The molecule has 2 N–H and O–H groups in total. The zero-order valence-corrected chi connectivity index (χ0v) is 5.46. The molecule has 2 rings (SSSR count). The van der Waals surface area contributed by atoms with Gasteiger partial charge in [-0.05, 0) is 6.07 Å². The molecule has 0 bridgehead atoms. The highest BCUT2D eigenvalue weighted by Gasteiger charge is 2.10. The molecule has 0 atom stereocenters. The fraction of sp³-hybridized carbons (Fsp3) is 0. The van der Waals surface area contributed by atoms with E-state index in [0.29, 0.717) is 10.8 Å². The van der Waals surface area contributed by atoms with Crippen molar-refractivity contribution in [3.63, 3.8) is 0 Å². The van der Waals surface area contributed by atoms with Crippen LogP contribution in [0.25, 0.3) is 0 Å². The summed E-state index contributed by atoms with van der Waals surface area (Å²) in [5, 5.41) is 7.54. The van der Waals surface area contributed by atoms with Gasteiger partial charge in [0.1, 0.15) is 5.36 Å². The molecule has 5 nitrogen and oxygen atoms in total. The lowest BCUT2D eigenvalue weighted by atomic mass is 10.5. The van der Waals surface area contributed by atoms with Gasteiger partial charge in [-0.2, -0.15) is 0 Å². The maximum Gasteiger partial charge on any atom is 0.314 e. The molecular weight excluding hydrogens is 144 g/mol. The van der Waals surface area contributed by atoms with Crippen LogP contribution in [0.4, 0.5) is 0 Å². The summed E-state index contributed by atoms with van der Waals surface area (Å²) in [7, 11) is 0. The molecule has 1 amide bonds. The normalized spacial score (nSPS) is 15.3. The van der Waals surface area contributed by atoms with Crippen molar-refractivity contribution >= 4 is 11.7 Å². The van der Waals surface area contributed by atoms with Gasteiger partial charge in [-0.15, -0.1) is 0 Å². The second-order valence-corrected chi connectivity index (χ2v) is 2.09. The molecule has 0 saturated heterocycles. The summed E-state index contributed by atoms with van der Waals surface area (Å²) in [4.78, 5) is 20.8. The van der Waals surface area contributed by atoms with Crippen LogP contribution in [0.5, 0.6) is 0 Å². The molecule has 0 radical (unpaired) electrons. The number of fused-ring (bicyclic) bond motifs is 1. The van der Waals surface area contributed by atoms with Gasteiger partial charge < -0.3 is 4.98 Å². The van der Waals surface area contributed by atoms with Crippen LogP contribution >= 0.6 is 0 Å². The first-order valence-corrected chi connectivity index (χ1v) is 3.01. The minimum Gasteiger partial charge on any atom is -0.345 e. The van der Waals surface area contributed by atoms with Gasteiger partial charge >= 0.3 is 5.91 Å². The summed E-state index contributed by atoms with van der Waals surface area (Å²) in [6, 6.07) is 1.64. The van der Waals surface area contributed by atoms with E-state index < -0.39 is 5.91 Å². The van der Waals surface area contributed by atoms with Crippen molar-refractivity contribution in [3.05, 3.63) is 23.1 Å². The molecule has 0 saturated carbocycles. The molecule has 1 aliphatic rings. The van der Waals surface area contributed by atoms with Crippen LogP contribution in [-0.2, 0) is 4.79 Å². The van der Waals surface area contributed by atoms with Crippen molar-refractivity contribution in [1.29, 1.82) is 5.41 Å². The second-order valence-electron chi connectivity index (χ2n) is 2.09. The van der Waals surface area contributed by atoms with Crippen molar-refractivity contribution in [2.24, 2.45) is 9.98 Å². The van der Waals surface area contributed by atoms with E-state index in [2.05, 4.69) is 15.0 Å². The monoisotopic (exact) mass is 148 g/mol. The number of H-pyrrole nitrogens is 1. The minimum absolute atomic E-state index is 0.319. The molecule has 1 aromatic heterocycles. The quantitative estimate of drug-likeness (QED) is 0.474. The number of hydrogen-bond acceptors (Lipinski definition) is 2. The Balaban J connectivity index is 2.89. The Hall–Kier alpha value is -1.78. The smallest absolute Gasteiger partial charge is 0.314 e. The first-order chi connectivity index (χ1) is 5.27. The Kier molecular flexibility index (Phi) is 1.00. The molecule has 0 unspecified atom stereocenters. The van der Waals surface area contributed by atoms with Crippen molar-refractivity contribution in [2.45, 2.75) is 0 Å². The third-order valence-corrected chi connectivity index (χ3v) is 1.35. The molecule has 11 heavy (non-hydrogen) atoms. The maximum atomic E-state index is 10.8. The van der Waals surface area contributed by atoms with E-state index >= 15 is 0 Å². The van der Waals surface area contributed by atoms with Gasteiger partial charge in [-0.25, -0.2) is 9.98 Å². The minimum atomic E-state index is -0.586. The molecule has 1 aliphatic heterocycles. The van der Waals surface area contributed by atoms with E-state index in [1.54, 1.807) is 12.3 Å². The SMILES string of the molecule is N=C1N=c2[nH]ccc2=NC1=O. The predicted octanol–water partition coefficient (Wildman–Crippen LogP) is -1.23. The number of aromatic amines is 1. The van der Waals surface area contributed by atoms with Gasteiger partial charge in [-0.1, -0.05) is 0 Å². The third-order valence-electron chi connectivity index (χ3n) is 1.35. The van der Waals surface area contributed by atoms with Crippen LogP contribution in [0.1, 0.15) is 0 Å². The van der Waals surface area contributed by atoms with Gasteiger partial charge in [0.2, 0.25) is 5.84 Å². The highest BCUT2D eigenvalue weighted by atomic mass is 16.1. The molecule has 54 valence electrons. The van der Waals surface area contributed by atoms with E-state index in [1.807, 2.05) is 0 Å². The van der Waals surface area contributed by atoms with E-state index in [-0.39, 0.29) is 5.84 Å². The van der Waals surface area contributed by atoms with Gasteiger partial charge in [0, 0.05) is 6.20 Å². The zero-order valence-electron chi connectivity index (χ0n) is 5.46. The number of amides is 1. The van der Waals surface area contributed by atoms with Crippen LogP contribution in [0.2, 0.25) is 0 Å². The first kappa shape index (κ1) is 5.96. The van der Waals surface area contributed by atoms with Crippen LogP contribution in [0.3, 0.4) is 0 Å². The average molecular weight is 148 g/mol. The Morgan fingerprint density at radius 2 is 2.27 bits per heavy atom. The summed E-state index contributed by atoms with van der Waals surface area (Å²) in [6.45, 7) is 0. The van der Waals surface area contributed by atoms with E-state index in [1.165, 1.54) is 0 Å². The number of nitrogens with one attached hydrogen (secondary N) is 2. The Bertz CT molecular complexity index is 401. The largest absolute Gasteiger partial charge is 0.345 e. The van der Waals surface area contributed by atoms with Crippen LogP contribution in [-0.4, -0.2) is 16.7 Å². The van der Waals surface area contributed by atoms with E-state index in [9.17, 15) is 4.79 Å². The molecule has 0 aliphatic carbocycles. The number of aromatic nitrogens is 1. The lowest BCUT2D eigenvalue weighted by Gasteiger charge is -1.92. The maximum absolute atomic E-state index is 10.8. The van der Waals surface area contributed by atoms with Gasteiger partial charge in [0.25, 0.3) is 0 Å². The standard InChI is InChI=1S/C6H4N4O/c7-4-6(11)9-3-1-2-8-5(3)10-4/h1-2H,(H2,7,8,10). The lowest BCUT2D eigenvalue weighted by Crippen LogP contribution is -2.32. The van der Waals surface area contributed by atoms with E-state index in [4.69, 9.17) is 5.41 Å². The van der Waals surface area contributed by atoms with Crippen LogP contribution < -0.4 is 10.8 Å². The molecule has 0 spiro atoms. The summed E-state index contributed by atoms with van der Waals surface area (Å²) in [5.41, 5.74) is 0.481. The fourth-order valence-corrected chi connectivity index (χ4v) is 0.854. The third kappa shape index (κ3) is 0.778. The second kappa shape index (κ2) is 1.85. The fourth-order valence-electron chi connectivity index (χ4n) is 0.854. The molecule has 0 fully saturated rings. The van der Waals surface area contributed by atoms with Crippen molar-refractivity contribution in [1.82, 2.24) is 4.98 Å². The van der Waals surface area contributed by atoms with Crippen LogP contribution in [0, 0.1) is 5.41 Å². The predicted molar refractivity (Wildman–Crippen MR) is 35.8 cm³/mol. The Labute approximate surface area is 61.0 Å².